The number of anilines is 9. The Morgan fingerprint density at radius 3 is 1.27 bits per heavy atom. The number of aliphatic imine (C=N–C) groups is 2. The van der Waals surface area contributed by atoms with Crippen LogP contribution in [-0.2, 0) is 54.0 Å². The minimum absolute atomic E-state index is 0.0188. The van der Waals surface area contributed by atoms with Crippen LogP contribution in [0.2, 0.25) is 15.1 Å². The number of carbonyl (C=O) groups excluding carboxylic acids is 4. The van der Waals surface area contributed by atoms with Crippen LogP contribution in [0.25, 0.3) is 0 Å². The molecule has 4 saturated heterocycles. The minimum atomic E-state index is -4.46. The fourth-order valence-electron chi connectivity index (χ4n) is 12.3. The number of pyridine rings is 2. The third-order valence-corrected chi connectivity index (χ3v) is 19.9. The van der Waals surface area contributed by atoms with Gasteiger partial charge in [0.1, 0.15) is 5.69 Å². The van der Waals surface area contributed by atoms with Gasteiger partial charge in [0.2, 0.25) is 23.8 Å². The predicted octanol–water partition coefficient (Wildman–Crippen LogP) is 12.6. The molecule has 10 heterocycles. The Morgan fingerprint density at radius 2 is 0.836 bits per heavy atom. The summed E-state index contributed by atoms with van der Waals surface area (Å²) in [5, 5.41) is 20.3. The zero-order valence-electron chi connectivity index (χ0n) is 69.1. The van der Waals surface area contributed by atoms with E-state index in [1.807, 2.05) is 57.2 Å². The number of ketones is 3. The van der Waals surface area contributed by atoms with Crippen molar-refractivity contribution in [1.29, 1.82) is 0 Å². The van der Waals surface area contributed by atoms with E-state index in [0.717, 1.165) is 64.7 Å². The van der Waals surface area contributed by atoms with Crippen LogP contribution in [0.1, 0.15) is 71.2 Å². The molecule has 668 valence electrons. The predicted molar refractivity (Wildman–Crippen MR) is 475 cm³/mol. The second kappa shape index (κ2) is 48.4. The molecular weight excluding hydrogens is 1740 g/mol. The van der Waals surface area contributed by atoms with Crippen molar-refractivity contribution in [2.45, 2.75) is 46.2 Å². The van der Waals surface area contributed by atoms with Crippen molar-refractivity contribution < 1.29 is 68.9 Å². The fourth-order valence-corrected chi connectivity index (χ4v) is 13.2. The van der Waals surface area contributed by atoms with E-state index >= 15 is 0 Å². The number of benzene rings is 4. The van der Waals surface area contributed by atoms with E-state index in [0.29, 0.717) is 149 Å². The van der Waals surface area contributed by atoms with E-state index in [4.69, 9.17) is 53.8 Å². The Balaban J connectivity index is 0.000000165. The summed E-state index contributed by atoms with van der Waals surface area (Å²) < 4.78 is 115. The molecule has 0 radical (unpaired) electrons. The lowest BCUT2D eigenvalue weighted by Crippen LogP contribution is -2.37. The number of rotatable bonds is 29. The first-order valence-corrected chi connectivity index (χ1v) is 40.8. The number of para-hydroxylation sites is 1. The molecule has 6 aromatic heterocycles. The molecular formula is C85H85Cl3F7N25O8. The highest BCUT2D eigenvalue weighted by Crippen LogP contribution is 2.32. The largest absolute Gasteiger partial charge is 0.416 e. The summed E-state index contributed by atoms with van der Waals surface area (Å²) in [6.07, 6.45) is 9.72. The van der Waals surface area contributed by atoms with Crippen molar-refractivity contribution in [2.75, 3.05) is 165 Å². The van der Waals surface area contributed by atoms with Gasteiger partial charge in [-0.25, -0.2) is 64.2 Å². The van der Waals surface area contributed by atoms with Gasteiger partial charge < -0.3 is 43.9 Å². The van der Waals surface area contributed by atoms with Gasteiger partial charge in [-0.1, -0.05) is 95.5 Å². The number of nitrogens with one attached hydrogen (secondary N) is 5. The summed E-state index contributed by atoms with van der Waals surface area (Å²) in [5.74, 6) is -1.67. The first kappa shape index (κ1) is 95.3. The fraction of sp³-hybridized carbons (Fsp3) is 0.294. The molecule has 10 aromatic rings. The molecule has 5 N–H and O–H groups in total. The number of carbonyl (C=O) groups is 4. The molecule has 0 aliphatic carbocycles. The second-order valence-corrected chi connectivity index (χ2v) is 29.2. The number of alkyl halides is 3. The summed E-state index contributed by atoms with van der Waals surface area (Å²) in [7, 11) is 0. The number of ether oxygens (including phenoxy) is 4. The molecule has 128 heavy (non-hydrogen) atoms. The first-order valence-electron chi connectivity index (χ1n) is 39.6. The van der Waals surface area contributed by atoms with E-state index in [9.17, 15) is 49.9 Å². The van der Waals surface area contributed by atoms with E-state index in [1.165, 1.54) is 55.6 Å². The van der Waals surface area contributed by atoms with Crippen LogP contribution in [-0.4, -0.2) is 229 Å². The zero-order chi connectivity index (χ0) is 90.7. The Bertz CT molecular complexity index is 5420. The maximum atomic E-state index is 14.1. The summed E-state index contributed by atoms with van der Waals surface area (Å²) >= 11 is 18.6. The molecule has 0 atom stereocenters. The lowest BCUT2D eigenvalue weighted by atomic mass is 10.0. The van der Waals surface area contributed by atoms with Crippen molar-refractivity contribution in [3.63, 3.8) is 0 Å². The molecule has 4 aliphatic heterocycles. The third kappa shape index (κ3) is 29.4. The number of morpholine rings is 4. The molecule has 0 bridgehead atoms. The van der Waals surface area contributed by atoms with Gasteiger partial charge in [0.25, 0.3) is 5.91 Å². The SMILES string of the molecule is Cc1cccc(Cl)c1CC(=O)CN=C/C=N/Nc1ncc(F)c(N2CCOCC2)n1.Cc1cccc(Cl)c1CC(=O)c1cccc(/C=N/Nc2ncc(F)c(N3CCOCC3)n2)n1.Cc1cccc(Cl)c1NC(=O)c1ccnc(/C=N/Nc2ncc(F)c(N3CCOCC3)n2)c1.O=C(CN=C/C=N/Nc1ncc(F)c(N2CCOCC2)n1)Cc1cccc(C(F)(F)F)c1. The number of aromatic nitrogens is 10. The van der Waals surface area contributed by atoms with Gasteiger partial charge in [-0.05, 0) is 103 Å². The van der Waals surface area contributed by atoms with E-state index < -0.39 is 35.0 Å². The lowest BCUT2D eigenvalue weighted by Gasteiger charge is -2.27. The Morgan fingerprint density at radius 1 is 0.438 bits per heavy atom. The zero-order valence-corrected chi connectivity index (χ0v) is 71.4. The highest BCUT2D eigenvalue weighted by molar-refractivity contribution is 6.34. The molecule has 0 spiro atoms. The Hall–Kier alpha value is -13.4. The smallest absolute Gasteiger partial charge is 0.378 e. The topological polar surface area (TPSA) is 381 Å². The summed E-state index contributed by atoms with van der Waals surface area (Å²) in [6, 6.07) is 29.3. The number of Topliss-reactive ketones (excluding diaryl/α,β-unsaturated/α-hetero) is 3. The van der Waals surface area contributed by atoms with Gasteiger partial charge in [-0.15, -0.1) is 0 Å². The molecule has 4 fully saturated rings. The van der Waals surface area contributed by atoms with E-state index in [1.54, 1.807) is 68.1 Å². The number of aryl methyl sites for hydroxylation is 3. The molecule has 4 aliphatic rings. The standard InChI is InChI=1S/C23H22ClFN6O2.C22H21ClFN7O2.C20H22ClFN6O2.C20H20F4N6O2/c1-15-4-2-6-18(24)17(15)12-21(32)20-7-3-5-16(28-20)13-27-30-23-26-14-19(25)22(29-23)31-8-10-33-11-9-31;1-14-3-2-4-17(23)19(14)28-21(32)15-5-6-25-16(11-15)12-27-30-22-26-13-18(24)20(29-22)31-7-9-33-10-8-31;1-14-3-2-4-17(21)16(14)11-15(29)12-23-5-6-25-27-20-24-13-18(22)19(26-20)28-7-9-30-10-8-28;21-17-13-26-19(28-18(17)30-6-8-32-9-7-30)29-27-5-4-25-12-16(31)11-14-2-1-3-15(10-14)20(22,23)24/h2-7,13-14H,8-12H2,1H3,(H,26,29,30);2-6,11-13H,7-10H2,1H3,(H,28,32)(H,26,29,30);2-6,13H,7-12H2,1H3,(H,24,26,27);1-5,10,13H,6-9,11-12H2,(H,26,28,29)/b27-13+;27-12+;23-5?,25-6+;25-4?,27-5+. The maximum Gasteiger partial charge on any atom is 0.416 e. The molecule has 33 nitrogen and oxygen atoms in total. The van der Waals surface area contributed by atoms with Crippen molar-refractivity contribution in [1.82, 2.24) is 49.8 Å². The number of nitrogens with zero attached hydrogens (tertiary/aromatic N) is 20. The van der Waals surface area contributed by atoms with Crippen molar-refractivity contribution >= 4 is 148 Å². The number of hydrazone groups is 4. The van der Waals surface area contributed by atoms with Crippen LogP contribution in [0.3, 0.4) is 0 Å². The summed E-state index contributed by atoms with van der Waals surface area (Å²) in [5.41, 5.74) is 16.5. The van der Waals surface area contributed by atoms with Crippen molar-refractivity contribution in [2.24, 2.45) is 30.4 Å². The lowest BCUT2D eigenvalue weighted by molar-refractivity contribution is -0.137. The van der Waals surface area contributed by atoms with Crippen LogP contribution in [0, 0.1) is 44.0 Å². The highest BCUT2D eigenvalue weighted by Gasteiger charge is 2.31. The van der Waals surface area contributed by atoms with Crippen molar-refractivity contribution in [3.8, 4) is 0 Å². The van der Waals surface area contributed by atoms with Gasteiger partial charge in [0, 0.05) is 106 Å². The molecule has 0 saturated carbocycles. The van der Waals surface area contributed by atoms with Gasteiger partial charge in [0.05, 0.1) is 143 Å². The van der Waals surface area contributed by atoms with Crippen LogP contribution in [0.4, 0.5) is 83.5 Å². The molecule has 0 unspecified atom stereocenters. The number of halogens is 10. The van der Waals surface area contributed by atoms with Crippen LogP contribution >= 0.6 is 34.8 Å². The van der Waals surface area contributed by atoms with Gasteiger partial charge in [-0.2, -0.15) is 53.5 Å². The average Bonchev–Trinajstić information content (AvgIpc) is 0.870. The van der Waals surface area contributed by atoms with E-state index in [2.05, 4.69) is 107 Å². The molecule has 43 heteroatoms. The number of amides is 1. The van der Waals surface area contributed by atoms with Gasteiger partial charge in [-0.3, -0.25) is 34.1 Å². The second-order valence-electron chi connectivity index (χ2n) is 28.0. The monoisotopic (exact) mass is 1820 g/mol. The quantitative estimate of drug-likeness (QED) is 0.0126. The molecule has 14 rings (SSSR count). The summed E-state index contributed by atoms with van der Waals surface area (Å²) in [4.78, 5) is 105. The Labute approximate surface area is 744 Å². The number of hydrogen-bond donors (Lipinski definition) is 5. The molecule has 4 aromatic carbocycles. The third-order valence-electron chi connectivity index (χ3n) is 18.9. The highest BCUT2D eigenvalue weighted by atomic mass is 35.5. The summed E-state index contributed by atoms with van der Waals surface area (Å²) in [6.45, 7) is 13.9. The number of hydrogen-bond acceptors (Lipinski definition) is 32. The van der Waals surface area contributed by atoms with Gasteiger partial charge in [0.15, 0.2) is 63.9 Å². The first-order chi connectivity index (χ1) is 61.9. The minimum Gasteiger partial charge on any atom is -0.378 e. The van der Waals surface area contributed by atoms with E-state index in [-0.39, 0.29) is 108 Å². The van der Waals surface area contributed by atoms with Crippen LogP contribution < -0.4 is 46.6 Å². The maximum absolute atomic E-state index is 14.1. The van der Waals surface area contributed by atoms with Gasteiger partial charge >= 0.3 is 6.18 Å². The van der Waals surface area contributed by atoms with Crippen molar-refractivity contribution in [3.05, 3.63) is 240 Å². The van der Waals surface area contributed by atoms with Crippen LogP contribution in [0.5, 0.6) is 0 Å². The normalized spacial score (nSPS) is 14.3. The van der Waals surface area contributed by atoms with Crippen LogP contribution in [0.15, 0.2) is 171 Å². The Kier molecular flexibility index (Phi) is 36.0. The average molecular weight is 1820 g/mol. The molecule has 1 amide bonds.